The van der Waals surface area contributed by atoms with E-state index in [2.05, 4.69) is 5.32 Å². The summed E-state index contributed by atoms with van der Waals surface area (Å²) >= 11 is 0. The predicted molar refractivity (Wildman–Crippen MR) is 91.4 cm³/mol. The molecule has 0 radical (unpaired) electrons. The Morgan fingerprint density at radius 2 is 1.96 bits per heavy atom. The van der Waals surface area contributed by atoms with Crippen molar-refractivity contribution in [1.82, 2.24) is 4.90 Å². The Morgan fingerprint density at radius 1 is 1.25 bits per heavy atom. The molecule has 0 fully saturated rings. The van der Waals surface area contributed by atoms with Crippen molar-refractivity contribution < 1.29 is 19.3 Å². The molecule has 2 rings (SSSR count). The number of aryl methyl sites for hydroxylation is 1. The first-order chi connectivity index (χ1) is 11.5. The van der Waals surface area contributed by atoms with Gasteiger partial charge in [-0.3, -0.25) is 9.59 Å². The highest BCUT2D eigenvalue weighted by molar-refractivity contribution is 5.94. The molecule has 1 heterocycles. The van der Waals surface area contributed by atoms with Gasteiger partial charge in [-0.05, 0) is 38.1 Å². The van der Waals surface area contributed by atoms with Crippen molar-refractivity contribution in [2.24, 2.45) is 0 Å². The first-order valence-electron chi connectivity index (χ1n) is 7.93. The van der Waals surface area contributed by atoms with Gasteiger partial charge in [0.25, 0.3) is 5.91 Å². The highest BCUT2D eigenvalue weighted by Crippen LogP contribution is 2.09. The molecule has 0 bridgehead atoms. The number of nitrogens with two attached hydrogens (primary N) is 1. The van der Waals surface area contributed by atoms with Crippen LogP contribution in [-0.2, 0) is 9.59 Å². The lowest BCUT2D eigenvalue weighted by molar-refractivity contribution is -0.684. The van der Waals surface area contributed by atoms with Crippen LogP contribution in [0.1, 0.15) is 24.3 Å². The largest absolute Gasteiger partial charge is 0.463 e. The number of quaternary nitrogens is 1. The predicted octanol–water partition coefficient (Wildman–Crippen LogP) is 1.31. The number of likely N-dealkylation sites (N-methyl/N-ethyl adjacent to an activating group) is 1. The van der Waals surface area contributed by atoms with E-state index in [-0.39, 0.29) is 30.9 Å². The summed E-state index contributed by atoms with van der Waals surface area (Å²) in [6.07, 6.45) is 1.61. The molecule has 0 saturated heterocycles. The molecule has 0 saturated carbocycles. The SMILES string of the molecule is Cc1ccc(NC(=O)CN(C)C(=O)C[NH2+][C@H](C)c2ccco2)cc1. The van der Waals surface area contributed by atoms with Gasteiger partial charge in [-0.15, -0.1) is 0 Å². The Kier molecular flexibility index (Phi) is 6.14. The Bertz CT molecular complexity index is 665. The third-order valence-electron chi connectivity index (χ3n) is 3.78. The fraction of sp³-hybridized carbons (Fsp3) is 0.333. The van der Waals surface area contributed by atoms with Crippen molar-refractivity contribution in [3.05, 3.63) is 54.0 Å². The van der Waals surface area contributed by atoms with E-state index < -0.39 is 0 Å². The normalized spacial score (nSPS) is 11.8. The summed E-state index contributed by atoms with van der Waals surface area (Å²) < 4.78 is 5.31. The molecule has 0 spiro atoms. The van der Waals surface area contributed by atoms with E-state index in [1.54, 1.807) is 13.3 Å². The van der Waals surface area contributed by atoms with Crippen LogP contribution in [-0.4, -0.2) is 36.9 Å². The van der Waals surface area contributed by atoms with Crippen LogP contribution in [0.2, 0.25) is 0 Å². The lowest BCUT2D eigenvalue weighted by Gasteiger charge is -2.17. The molecule has 0 unspecified atom stereocenters. The lowest BCUT2D eigenvalue weighted by Crippen LogP contribution is -2.87. The highest BCUT2D eigenvalue weighted by atomic mass is 16.3. The summed E-state index contributed by atoms with van der Waals surface area (Å²) in [5.41, 5.74) is 1.85. The first kappa shape index (κ1) is 17.7. The van der Waals surface area contributed by atoms with Crippen LogP contribution in [0.5, 0.6) is 0 Å². The van der Waals surface area contributed by atoms with E-state index in [9.17, 15) is 9.59 Å². The summed E-state index contributed by atoms with van der Waals surface area (Å²) in [5, 5.41) is 4.67. The van der Waals surface area contributed by atoms with Crippen molar-refractivity contribution in [1.29, 1.82) is 0 Å². The average Bonchev–Trinajstić information content (AvgIpc) is 3.08. The third kappa shape index (κ3) is 5.24. The maximum atomic E-state index is 12.1. The number of benzene rings is 1. The number of furan rings is 1. The number of nitrogens with one attached hydrogen (secondary N) is 1. The molecule has 1 aromatic heterocycles. The molecule has 0 aliphatic heterocycles. The number of rotatable bonds is 7. The minimum absolute atomic E-state index is 0.0235. The minimum atomic E-state index is -0.214. The highest BCUT2D eigenvalue weighted by Gasteiger charge is 2.18. The zero-order valence-electron chi connectivity index (χ0n) is 14.3. The minimum Gasteiger partial charge on any atom is -0.463 e. The molecule has 24 heavy (non-hydrogen) atoms. The van der Waals surface area contributed by atoms with Crippen LogP contribution in [0, 0.1) is 6.92 Å². The van der Waals surface area contributed by atoms with Crippen LogP contribution < -0.4 is 10.6 Å². The van der Waals surface area contributed by atoms with Gasteiger partial charge in [-0.1, -0.05) is 17.7 Å². The van der Waals surface area contributed by atoms with Gasteiger partial charge in [0.05, 0.1) is 12.8 Å². The fourth-order valence-corrected chi connectivity index (χ4v) is 2.24. The van der Waals surface area contributed by atoms with Crippen molar-refractivity contribution in [3.63, 3.8) is 0 Å². The smallest absolute Gasteiger partial charge is 0.277 e. The van der Waals surface area contributed by atoms with Crippen molar-refractivity contribution in [2.75, 3.05) is 25.5 Å². The maximum Gasteiger partial charge on any atom is 0.277 e. The van der Waals surface area contributed by atoms with Crippen molar-refractivity contribution in [3.8, 4) is 0 Å². The summed E-state index contributed by atoms with van der Waals surface area (Å²) in [6.45, 7) is 4.24. The summed E-state index contributed by atoms with van der Waals surface area (Å²) in [6, 6.07) is 11.3. The molecule has 0 aliphatic carbocycles. The van der Waals surface area contributed by atoms with E-state index in [1.165, 1.54) is 4.90 Å². The Balaban J connectivity index is 1.76. The van der Waals surface area contributed by atoms with E-state index in [1.807, 2.05) is 55.6 Å². The monoisotopic (exact) mass is 330 g/mol. The fourth-order valence-electron chi connectivity index (χ4n) is 2.24. The summed E-state index contributed by atoms with van der Waals surface area (Å²) in [7, 11) is 1.63. The van der Waals surface area contributed by atoms with Gasteiger partial charge in [0.1, 0.15) is 6.04 Å². The van der Waals surface area contributed by atoms with E-state index in [0.717, 1.165) is 17.0 Å². The quantitative estimate of drug-likeness (QED) is 0.803. The number of anilines is 1. The van der Waals surface area contributed by atoms with Crippen LogP contribution in [0.25, 0.3) is 0 Å². The Hall–Kier alpha value is -2.60. The van der Waals surface area contributed by atoms with Gasteiger partial charge in [-0.25, -0.2) is 0 Å². The number of carbonyl (C=O) groups excluding carboxylic acids is 2. The number of amides is 2. The van der Waals surface area contributed by atoms with Gasteiger partial charge in [0, 0.05) is 12.7 Å². The molecular weight excluding hydrogens is 306 g/mol. The number of nitrogens with zero attached hydrogens (tertiary/aromatic N) is 1. The average molecular weight is 330 g/mol. The second-order valence-corrected chi connectivity index (χ2v) is 5.91. The van der Waals surface area contributed by atoms with Crippen LogP contribution in [0.15, 0.2) is 47.1 Å². The van der Waals surface area contributed by atoms with Crippen molar-refractivity contribution in [2.45, 2.75) is 19.9 Å². The molecule has 3 N–H and O–H groups in total. The summed E-state index contributed by atoms with van der Waals surface area (Å²) in [5.74, 6) is 0.504. The molecule has 1 atom stereocenters. The molecule has 1 aromatic carbocycles. The van der Waals surface area contributed by atoms with Crippen molar-refractivity contribution >= 4 is 17.5 Å². The van der Waals surface area contributed by atoms with E-state index in [0.29, 0.717) is 0 Å². The van der Waals surface area contributed by atoms with Gasteiger partial charge in [0.15, 0.2) is 12.3 Å². The summed E-state index contributed by atoms with van der Waals surface area (Å²) in [4.78, 5) is 25.6. The van der Waals surface area contributed by atoms with Gasteiger partial charge in [-0.2, -0.15) is 0 Å². The molecule has 2 amide bonds. The standard InChI is InChI=1S/C18H23N3O3/c1-13-6-8-15(9-7-13)20-17(22)12-21(3)18(23)11-19-14(2)16-5-4-10-24-16/h4-10,14,19H,11-12H2,1-3H3,(H,20,22)/p+1/t14-/m1/s1. The zero-order chi connectivity index (χ0) is 17.5. The second-order valence-electron chi connectivity index (χ2n) is 5.91. The van der Waals surface area contributed by atoms with Gasteiger partial charge >= 0.3 is 0 Å². The maximum absolute atomic E-state index is 12.1. The zero-order valence-corrected chi connectivity index (χ0v) is 14.3. The van der Waals surface area contributed by atoms with E-state index >= 15 is 0 Å². The van der Waals surface area contributed by atoms with E-state index in [4.69, 9.17) is 4.42 Å². The Morgan fingerprint density at radius 3 is 2.58 bits per heavy atom. The molecule has 6 heteroatoms. The molecule has 0 aliphatic rings. The lowest BCUT2D eigenvalue weighted by atomic mass is 10.2. The third-order valence-corrected chi connectivity index (χ3v) is 3.78. The second kappa shape index (κ2) is 8.31. The number of hydrogen-bond donors (Lipinski definition) is 2. The van der Waals surface area contributed by atoms with Crippen LogP contribution in [0.4, 0.5) is 5.69 Å². The number of carbonyl (C=O) groups is 2. The molecule has 128 valence electrons. The van der Waals surface area contributed by atoms with Crippen LogP contribution >= 0.6 is 0 Å². The topological polar surface area (TPSA) is 79.2 Å². The molecular formula is C18H24N3O3+. The van der Waals surface area contributed by atoms with Gasteiger partial charge < -0.3 is 20.0 Å². The first-order valence-corrected chi connectivity index (χ1v) is 7.93. The molecule has 2 aromatic rings. The van der Waals surface area contributed by atoms with Crippen LogP contribution in [0.3, 0.4) is 0 Å². The Labute approximate surface area is 141 Å². The molecule has 6 nitrogen and oxygen atoms in total. The van der Waals surface area contributed by atoms with Gasteiger partial charge in [0.2, 0.25) is 5.91 Å². The number of hydrogen-bond acceptors (Lipinski definition) is 3.